The lowest BCUT2D eigenvalue weighted by molar-refractivity contribution is -0.130. The lowest BCUT2D eigenvalue weighted by Gasteiger charge is -2.49. The number of aryl methyl sites for hydroxylation is 1. The predicted molar refractivity (Wildman–Crippen MR) is 189 cm³/mol. The molecule has 3 fully saturated rings. The van der Waals surface area contributed by atoms with Crippen molar-refractivity contribution in [3.63, 3.8) is 0 Å². The fourth-order valence-electron chi connectivity index (χ4n) is 7.64. The molecule has 0 saturated carbocycles. The second-order valence-corrected chi connectivity index (χ2v) is 15.5. The molecule has 2 aromatic heterocycles. The zero-order chi connectivity index (χ0) is 34.5. The van der Waals surface area contributed by atoms with Crippen LogP contribution in [0.15, 0.2) is 12.3 Å². The van der Waals surface area contributed by atoms with Crippen LogP contribution in [0.5, 0.6) is 0 Å². The first kappa shape index (κ1) is 34.5. The molecule has 12 heteroatoms. The molecular formula is C36H52ClN7O4. The SMILES string of the molecule is CC[C@@]1(C)CN(C(C)=O)CCN1c1nn(C2CCN(C(=O)OC(C)(C)C)CC2)c(C)c1-c1c(Cl)c(C)cc2c1cnn2C1CCCCO1. The van der Waals surface area contributed by atoms with Crippen LogP contribution in [0.3, 0.4) is 0 Å². The van der Waals surface area contributed by atoms with Crippen molar-refractivity contribution in [2.45, 2.75) is 117 Å². The Labute approximate surface area is 289 Å². The first-order valence-corrected chi connectivity index (χ1v) is 18.0. The zero-order valence-corrected chi connectivity index (χ0v) is 30.7. The van der Waals surface area contributed by atoms with Crippen LogP contribution < -0.4 is 4.90 Å². The van der Waals surface area contributed by atoms with Gasteiger partial charge in [0.05, 0.1) is 28.3 Å². The number of piperidine rings is 1. The Hall–Kier alpha value is -3.31. The number of anilines is 1. The second kappa shape index (κ2) is 13.2. The van der Waals surface area contributed by atoms with Crippen LogP contribution in [0.4, 0.5) is 10.6 Å². The maximum atomic E-state index is 12.9. The highest BCUT2D eigenvalue weighted by Gasteiger charge is 2.41. The van der Waals surface area contributed by atoms with Crippen molar-refractivity contribution >= 4 is 40.3 Å². The summed E-state index contributed by atoms with van der Waals surface area (Å²) in [7, 11) is 0. The van der Waals surface area contributed by atoms with Gasteiger partial charge < -0.3 is 24.2 Å². The Kier molecular flexibility index (Phi) is 9.50. The molecule has 0 spiro atoms. The van der Waals surface area contributed by atoms with Gasteiger partial charge in [0.15, 0.2) is 12.0 Å². The topological polar surface area (TPSA) is 98.0 Å². The van der Waals surface area contributed by atoms with Crippen LogP contribution in [-0.4, -0.2) is 91.8 Å². The van der Waals surface area contributed by atoms with Gasteiger partial charge in [-0.25, -0.2) is 9.48 Å². The van der Waals surface area contributed by atoms with Crippen LogP contribution in [0, 0.1) is 13.8 Å². The van der Waals surface area contributed by atoms with Gasteiger partial charge >= 0.3 is 6.09 Å². The van der Waals surface area contributed by atoms with Gasteiger partial charge in [0.2, 0.25) is 5.91 Å². The van der Waals surface area contributed by atoms with Gasteiger partial charge in [-0.3, -0.25) is 9.48 Å². The summed E-state index contributed by atoms with van der Waals surface area (Å²) in [5.41, 5.74) is 4.07. The lowest BCUT2D eigenvalue weighted by atomic mass is 9.91. The second-order valence-electron chi connectivity index (χ2n) is 15.1. The maximum absolute atomic E-state index is 12.9. The molecule has 5 heterocycles. The van der Waals surface area contributed by atoms with Crippen LogP contribution in [-0.2, 0) is 14.3 Å². The van der Waals surface area contributed by atoms with Crippen molar-refractivity contribution in [1.82, 2.24) is 29.4 Å². The van der Waals surface area contributed by atoms with Crippen molar-refractivity contribution in [2.75, 3.05) is 44.2 Å². The third kappa shape index (κ3) is 6.40. The van der Waals surface area contributed by atoms with E-state index in [2.05, 4.69) is 43.3 Å². The number of amides is 2. The zero-order valence-electron chi connectivity index (χ0n) is 29.9. The van der Waals surface area contributed by atoms with Crippen LogP contribution >= 0.6 is 11.6 Å². The maximum Gasteiger partial charge on any atom is 0.410 e. The normalized spacial score (nSPS) is 22.9. The Balaban J connectivity index is 1.46. The lowest BCUT2D eigenvalue weighted by Crippen LogP contribution is -2.62. The van der Waals surface area contributed by atoms with Gasteiger partial charge in [0.1, 0.15) is 5.60 Å². The molecule has 0 aliphatic carbocycles. The smallest absolute Gasteiger partial charge is 0.410 e. The molecule has 2 amide bonds. The molecule has 2 atom stereocenters. The number of piperazine rings is 1. The number of nitrogens with zero attached hydrogens (tertiary/aromatic N) is 7. The first-order chi connectivity index (χ1) is 22.7. The Morgan fingerprint density at radius 1 is 1.04 bits per heavy atom. The minimum Gasteiger partial charge on any atom is -0.444 e. The summed E-state index contributed by atoms with van der Waals surface area (Å²) < 4.78 is 16.0. The van der Waals surface area contributed by atoms with Gasteiger partial charge in [-0.05, 0) is 91.7 Å². The standard InChI is InChI=1S/C36H52ClN7O4/c1-9-36(8)22-41(25(4)45)17-18-42(36)33-30(24(3)43(39-33)26-13-15-40(16-14-26)34(46)48-35(5,6)7)31-27-21-38-44(29-12-10-11-19-47-29)28(27)20-23(2)32(31)37/h20-21,26,29H,9-19,22H2,1-8H3/t29?,36-/m0/s1. The molecule has 3 aromatic rings. The van der Waals surface area contributed by atoms with Gasteiger partial charge in [0.25, 0.3) is 0 Å². The molecule has 48 heavy (non-hydrogen) atoms. The highest BCUT2D eigenvalue weighted by molar-refractivity contribution is 6.36. The summed E-state index contributed by atoms with van der Waals surface area (Å²) in [4.78, 5) is 31.6. The van der Waals surface area contributed by atoms with Gasteiger partial charge in [-0.15, -0.1) is 0 Å². The number of fused-ring (bicyclic) bond motifs is 1. The van der Waals surface area contributed by atoms with E-state index in [0.717, 1.165) is 84.2 Å². The Morgan fingerprint density at radius 2 is 1.77 bits per heavy atom. The van der Waals surface area contributed by atoms with Crippen molar-refractivity contribution in [1.29, 1.82) is 0 Å². The monoisotopic (exact) mass is 681 g/mol. The van der Waals surface area contributed by atoms with Crippen LogP contribution in [0.25, 0.3) is 22.0 Å². The molecule has 11 nitrogen and oxygen atoms in total. The highest BCUT2D eigenvalue weighted by atomic mass is 35.5. The molecule has 1 unspecified atom stereocenters. The predicted octanol–water partition coefficient (Wildman–Crippen LogP) is 7.28. The number of carbonyl (C=O) groups excluding carboxylic acids is 2. The van der Waals surface area contributed by atoms with E-state index in [1.165, 1.54) is 0 Å². The minimum atomic E-state index is -0.538. The molecular weight excluding hydrogens is 630 g/mol. The Bertz CT molecular complexity index is 1680. The van der Waals surface area contributed by atoms with E-state index in [0.29, 0.717) is 37.7 Å². The number of rotatable bonds is 5. The van der Waals surface area contributed by atoms with Crippen molar-refractivity contribution < 1.29 is 19.1 Å². The number of ether oxygens (including phenoxy) is 2. The third-order valence-corrected chi connectivity index (χ3v) is 11.0. The molecule has 3 saturated heterocycles. The van der Waals surface area contributed by atoms with Gasteiger partial charge in [0, 0.05) is 68.5 Å². The van der Waals surface area contributed by atoms with Crippen LogP contribution in [0.1, 0.15) is 104 Å². The number of hydrogen-bond acceptors (Lipinski definition) is 7. The number of aromatic nitrogens is 4. The molecule has 1 aromatic carbocycles. The van der Waals surface area contributed by atoms with Gasteiger partial charge in [-0.1, -0.05) is 18.5 Å². The number of hydrogen-bond donors (Lipinski definition) is 0. The quantitative estimate of drug-likeness (QED) is 0.279. The fraction of sp³-hybridized carbons (Fsp3) is 0.667. The number of likely N-dealkylation sites (tertiary alicyclic amines) is 1. The first-order valence-electron chi connectivity index (χ1n) is 17.6. The summed E-state index contributed by atoms with van der Waals surface area (Å²) in [6, 6.07) is 2.22. The number of halogens is 1. The third-order valence-electron chi connectivity index (χ3n) is 10.5. The average molecular weight is 682 g/mol. The Morgan fingerprint density at radius 3 is 2.40 bits per heavy atom. The molecule has 0 N–H and O–H groups in total. The van der Waals surface area contributed by atoms with E-state index in [9.17, 15) is 9.59 Å². The summed E-state index contributed by atoms with van der Waals surface area (Å²) in [5.74, 6) is 0.971. The summed E-state index contributed by atoms with van der Waals surface area (Å²) in [6.07, 6.45) is 7.02. The molecule has 6 rings (SSSR count). The summed E-state index contributed by atoms with van der Waals surface area (Å²) in [5, 5.41) is 12.0. The van der Waals surface area contributed by atoms with E-state index >= 15 is 0 Å². The molecule has 0 radical (unpaired) electrons. The van der Waals surface area contributed by atoms with Crippen molar-refractivity contribution in [2.24, 2.45) is 0 Å². The van der Waals surface area contributed by atoms with E-state index in [1.54, 1.807) is 11.8 Å². The fourth-order valence-corrected chi connectivity index (χ4v) is 7.89. The van der Waals surface area contributed by atoms with E-state index in [-0.39, 0.29) is 29.8 Å². The van der Waals surface area contributed by atoms with Crippen molar-refractivity contribution in [3.05, 3.63) is 28.5 Å². The van der Waals surface area contributed by atoms with E-state index in [1.807, 2.05) is 36.5 Å². The van der Waals surface area contributed by atoms with Gasteiger partial charge in [-0.2, -0.15) is 10.2 Å². The molecule has 3 aliphatic heterocycles. The average Bonchev–Trinajstić information content (AvgIpc) is 3.62. The number of carbonyl (C=O) groups is 2. The van der Waals surface area contributed by atoms with E-state index in [4.69, 9.17) is 31.3 Å². The molecule has 0 bridgehead atoms. The minimum absolute atomic E-state index is 0.0915. The van der Waals surface area contributed by atoms with Crippen LogP contribution in [0.2, 0.25) is 5.02 Å². The molecule has 262 valence electrons. The molecule has 3 aliphatic rings. The summed E-state index contributed by atoms with van der Waals surface area (Å²) in [6.45, 7) is 19.8. The largest absolute Gasteiger partial charge is 0.444 e. The van der Waals surface area contributed by atoms with E-state index < -0.39 is 5.60 Å². The highest BCUT2D eigenvalue weighted by Crippen LogP contribution is 2.47. The number of benzene rings is 1. The van der Waals surface area contributed by atoms with Crippen molar-refractivity contribution in [3.8, 4) is 11.1 Å². The summed E-state index contributed by atoms with van der Waals surface area (Å²) >= 11 is 7.32.